The molecule has 8 heteroatoms. The smallest absolute Gasteiger partial charge is 0.336 e. The first-order chi connectivity index (χ1) is 17.2. The number of rotatable bonds is 9. The van der Waals surface area contributed by atoms with E-state index in [2.05, 4.69) is 8.75 Å². The molecule has 1 N–H and O–H groups in total. The maximum absolute atomic E-state index is 13.8. The van der Waals surface area contributed by atoms with Crippen LogP contribution in [0.5, 0.6) is 5.75 Å². The molecule has 4 aromatic rings. The van der Waals surface area contributed by atoms with Crippen LogP contribution < -0.4 is 9.64 Å². The number of carboxylic acids is 1. The summed E-state index contributed by atoms with van der Waals surface area (Å²) in [4.78, 5) is 28.4. The lowest BCUT2D eigenvalue weighted by atomic mass is 9.89. The Balaban J connectivity index is 1.85. The molecule has 36 heavy (non-hydrogen) atoms. The van der Waals surface area contributed by atoms with Gasteiger partial charge in [-0.2, -0.15) is 8.75 Å². The van der Waals surface area contributed by atoms with E-state index in [1.54, 1.807) is 42.5 Å². The third-order valence-electron chi connectivity index (χ3n) is 5.63. The van der Waals surface area contributed by atoms with Gasteiger partial charge in [0.15, 0.2) is 5.78 Å². The molecule has 0 fully saturated rings. The Morgan fingerprint density at radius 3 is 2.31 bits per heavy atom. The average Bonchev–Trinajstić information content (AvgIpc) is 3.31. The molecule has 0 saturated carbocycles. The van der Waals surface area contributed by atoms with E-state index in [4.69, 9.17) is 4.74 Å². The first-order valence-corrected chi connectivity index (χ1v) is 12.2. The molecule has 4 rings (SSSR count). The maximum atomic E-state index is 13.8. The van der Waals surface area contributed by atoms with E-state index >= 15 is 0 Å². The van der Waals surface area contributed by atoms with Gasteiger partial charge in [0.2, 0.25) is 0 Å². The normalized spacial score (nSPS) is 11.9. The van der Waals surface area contributed by atoms with Crippen molar-refractivity contribution < 1.29 is 19.4 Å². The third kappa shape index (κ3) is 5.60. The molecule has 0 amide bonds. The zero-order valence-corrected chi connectivity index (χ0v) is 21.4. The van der Waals surface area contributed by atoms with Crippen molar-refractivity contribution in [1.82, 2.24) is 8.75 Å². The lowest BCUT2D eigenvalue weighted by Crippen LogP contribution is -2.15. The van der Waals surface area contributed by atoms with Crippen LogP contribution in [0.3, 0.4) is 0 Å². The predicted octanol–water partition coefficient (Wildman–Crippen LogP) is 5.51. The minimum absolute atomic E-state index is 0.000263. The summed E-state index contributed by atoms with van der Waals surface area (Å²) in [5, 5.41) is 10.3. The molecule has 1 heterocycles. The number of carbonyl (C=O) groups is 2. The van der Waals surface area contributed by atoms with Crippen LogP contribution in [0.2, 0.25) is 0 Å². The van der Waals surface area contributed by atoms with Crippen molar-refractivity contribution in [3.8, 4) is 5.75 Å². The molecule has 184 valence electrons. The highest BCUT2D eigenvalue weighted by Gasteiger charge is 2.24. The van der Waals surface area contributed by atoms with Crippen molar-refractivity contribution >= 4 is 45.8 Å². The van der Waals surface area contributed by atoms with Crippen LogP contribution in [0.15, 0.2) is 72.3 Å². The summed E-state index contributed by atoms with van der Waals surface area (Å²) < 4.78 is 14.1. The second-order valence-corrected chi connectivity index (χ2v) is 9.42. The summed E-state index contributed by atoms with van der Waals surface area (Å²) in [5.41, 5.74) is 4.01. The van der Waals surface area contributed by atoms with Gasteiger partial charge in [0.05, 0.1) is 23.4 Å². The molecule has 0 spiro atoms. The first kappa shape index (κ1) is 25.1. The molecule has 0 aliphatic carbocycles. The van der Waals surface area contributed by atoms with Gasteiger partial charge in [-0.05, 0) is 73.5 Å². The molecule has 1 aromatic heterocycles. The summed E-state index contributed by atoms with van der Waals surface area (Å²) in [6.45, 7) is 3.85. The van der Waals surface area contributed by atoms with Gasteiger partial charge in [0, 0.05) is 37.3 Å². The molecule has 3 aromatic carbocycles. The number of ketones is 1. The molecule has 0 atom stereocenters. The number of hydrogen-bond acceptors (Lipinski definition) is 7. The van der Waals surface area contributed by atoms with Crippen LogP contribution in [0.4, 0.5) is 5.69 Å². The first-order valence-electron chi connectivity index (χ1n) is 11.5. The zero-order valence-electron chi connectivity index (χ0n) is 20.6. The van der Waals surface area contributed by atoms with Crippen molar-refractivity contribution in [2.75, 3.05) is 19.0 Å². The average molecular weight is 502 g/mol. The fraction of sp³-hybridized carbons (Fsp3) is 0.214. The van der Waals surface area contributed by atoms with E-state index in [9.17, 15) is 14.7 Å². The summed E-state index contributed by atoms with van der Waals surface area (Å²) >= 11 is 1.06. The number of allylic oxidation sites excluding steroid dienone is 1. The lowest BCUT2D eigenvalue weighted by molar-refractivity contribution is -0.130. The SMILES string of the molecule is CC(C)Oc1ccc(C(=O)C(Cc2cccc(N(C)C)c2)=C(C(=O)O)c2ccc3nsnc3c2)cc1. The largest absolute Gasteiger partial charge is 0.491 e. The molecule has 7 nitrogen and oxygen atoms in total. The lowest BCUT2D eigenvalue weighted by Gasteiger charge is -2.16. The minimum atomic E-state index is -1.18. The monoisotopic (exact) mass is 501 g/mol. The second kappa shape index (κ2) is 10.7. The number of nitrogens with zero attached hydrogens (tertiary/aromatic N) is 3. The number of aromatic nitrogens is 2. The topological polar surface area (TPSA) is 92.6 Å². The highest BCUT2D eigenvalue weighted by atomic mass is 32.1. The Morgan fingerprint density at radius 1 is 0.944 bits per heavy atom. The summed E-state index contributed by atoms with van der Waals surface area (Å²) in [7, 11) is 3.86. The quantitative estimate of drug-likeness (QED) is 0.239. The summed E-state index contributed by atoms with van der Waals surface area (Å²) in [6, 6.07) is 19.6. The number of carboxylic acid groups (broad SMARTS) is 1. The van der Waals surface area contributed by atoms with Crippen LogP contribution in [-0.4, -0.2) is 45.8 Å². The van der Waals surface area contributed by atoms with Crippen LogP contribution in [-0.2, 0) is 11.2 Å². The molecule has 0 aliphatic rings. The molecular formula is C28H27N3O4S. The molecule has 0 unspecified atom stereocenters. The Kier molecular flexibility index (Phi) is 7.45. The minimum Gasteiger partial charge on any atom is -0.491 e. The summed E-state index contributed by atoms with van der Waals surface area (Å²) in [6.07, 6.45) is 0.152. The van der Waals surface area contributed by atoms with Crippen LogP contribution in [0.25, 0.3) is 16.6 Å². The number of hydrogen-bond donors (Lipinski definition) is 1. The van der Waals surface area contributed by atoms with E-state index in [1.165, 1.54) is 0 Å². The van der Waals surface area contributed by atoms with Gasteiger partial charge in [-0.15, -0.1) is 0 Å². The Labute approximate surface area is 214 Å². The number of anilines is 1. The van der Waals surface area contributed by atoms with Gasteiger partial charge >= 0.3 is 5.97 Å². The van der Waals surface area contributed by atoms with Crippen LogP contribution in [0, 0.1) is 0 Å². The van der Waals surface area contributed by atoms with E-state index < -0.39 is 5.97 Å². The number of ether oxygens (including phenoxy) is 1. The third-order valence-corrected chi connectivity index (χ3v) is 6.19. The number of benzene rings is 3. The number of aliphatic carboxylic acids is 1. The maximum Gasteiger partial charge on any atom is 0.336 e. The highest BCUT2D eigenvalue weighted by Crippen LogP contribution is 2.29. The van der Waals surface area contributed by atoms with Gasteiger partial charge in [-0.3, -0.25) is 4.79 Å². The fourth-order valence-corrected chi connectivity index (χ4v) is 4.44. The molecule has 0 bridgehead atoms. The van der Waals surface area contributed by atoms with Crippen molar-refractivity contribution in [2.45, 2.75) is 26.4 Å². The van der Waals surface area contributed by atoms with Crippen molar-refractivity contribution in [2.24, 2.45) is 0 Å². The zero-order chi connectivity index (χ0) is 25.8. The fourth-order valence-electron chi connectivity index (χ4n) is 3.93. The molecule has 0 radical (unpaired) electrons. The molecule has 0 saturated heterocycles. The van der Waals surface area contributed by atoms with Crippen molar-refractivity contribution in [1.29, 1.82) is 0 Å². The van der Waals surface area contributed by atoms with E-state index in [0.29, 0.717) is 27.9 Å². The van der Waals surface area contributed by atoms with E-state index in [1.807, 2.05) is 57.1 Å². The van der Waals surface area contributed by atoms with Crippen molar-refractivity contribution in [3.63, 3.8) is 0 Å². The Bertz CT molecular complexity index is 1440. The number of carbonyl (C=O) groups excluding carboxylic acids is 1. The van der Waals surface area contributed by atoms with Gasteiger partial charge in [-0.25, -0.2) is 4.79 Å². The number of Topliss-reactive ketones (excluding diaryl/α,β-unsaturated/α-hetero) is 1. The highest BCUT2D eigenvalue weighted by molar-refractivity contribution is 7.00. The standard InChI is InChI=1S/C28H27N3O4S/c1-17(2)35-22-11-8-19(9-12-22)27(32)23(15-18-6-5-7-21(14-18)31(3)4)26(28(33)34)20-10-13-24-25(16-20)30-36-29-24/h5-14,16-17H,15H2,1-4H3,(H,33,34). The van der Waals surface area contributed by atoms with Gasteiger partial charge in [-0.1, -0.05) is 18.2 Å². The van der Waals surface area contributed by atoms with Crippen LogP contribution >= 0.6 is 11.7 Å². The van der Waals surface area contributed by atoms with E-state index in [0.717, 1.165) is 23.0 Å². The summed E-state index contributed by atoms with van der Waals surface area (Å²) in [5.74, 6) is -0.884. The van der Waals surface area contributed by atoms with Crippen molar-refractivity contribution in [3.05, 3.63) is 89.0 Å². The number of fused-ring (bicyclic) bond motifs is 1. The Morgan fingerprint density at radius 2 is 1.64 bits per heavy atom. The predicted molar refractivity (Wildman–Crippen MR) is 143 cm³/mol. The van der Waals surface area contributed by atoms with Crippen LogP contribution in [0.1, 0.15) is 35.3 Å². The molecule has 0 aliphatic heterocycles. The second-order valence-electron chi connectivity index (χ2n) is 8.89. The van der Waals surface area contributed by atoms with Gasteiger partial charge in [0.25, 0.3) is 0 Å². The molecular weight excluding hydrogens is 474 g/mol. The van der Waals surface area contributed by atoms with Gasteiger partial charge in [0.1, 0.15) is 16.8 Å². The van der Waals surface area contributed by atoms with Gasteiger partial charge < -0.3 is 14.7 Å². The Hall–Kier alpha value is -4.04. The van der Waals surface area contributed by atoms with E-state index in [-0.39, 0.29) is 29.5 Å².